The van der Waals surface area contributed by atoms with E-state index in [1.165, 1.54) is 24.4 Å². The smallest absolute Gasteiger partial charge is 0.338 e. The van der Waals surface area contributed by atoms with Crippen LogP contribution in [0.25, 0.3) is 0 Å². The van der Waals surface area contributed by atoms with Crippen LogP contribution in [0.3, 0.4) is 0 Å². The second-order valence-electron chi connectivity index (χ2n) is 3.54. The van der Waals surface area contributed by atoms with Gasteiger partial charge < -0.3 is 5.11 Å². The average Bonchev–Trinajstić information content (AvgIpc) is 2.38. The van der Waals surface area contributed by atoms with Gasteiger partial charge in [0, 0.05) is 16.8 Å². The Hall–Kier alpha value is -2.20. The third kappa shape index (κ3) is 2.38. The minimum absolute atomic E-state index is 0.0905. The van der Waals surface area contributed by atoms with Crippen LogP contribution in [0.15, 0.2) is 42.6 Å². The summed E-state index contributed by atoms with van der Waals surface area (Å²) in [6.45, 7) is 0. The fourth-order valence-corrected chi connectivity index (χ4v) is 1.72. The third-order valence-corrected chi connectivity index (χ3v) is 2.58. The summed E-state index contributed by atoms with van der Waals surface area (Å²) in [5.74, 6) is -1.65. The number of carbonyl (C=O) groups is 2. The van der Waals surface area contributed by atoms with Gasteiger partial charge in [-0.05, 0) is 24.3 Å². The van der Waals surface area contributed by atoms with Gasteiger partial charge in [0.2, 0.25) is 5.78 Å². The first kappa shape index (κ1) is 12.3. The Bertz CT molecular complexity index is 625. The quantitative estimate of drug-likeness (QED) is 0.863. The van der Waals surface area contributed by atoms with Crippen molar-refractivity contribution in [3.05, 3.63) is 64.4 Å². The molecule has 0 fully saturated rings. The van der Waals surface area contributed by atoms with Gasteiger partial charge in [-0.25, -0.2) is 4.79 Å². The van der Waals surface area contributed by atoms with Crippen molar-refractivity contribution in [2.75, 3.05) is 0 Å². The Morgan fingerprint density at radius 3 is 2.61 bits per heavy atom. The van der Waals surface area contributed by atoms with E-state index in [0.29, 0.717) is 10.6 Å². The molecule has 5 heteroatoms. The van der Waals surface area contributed by atoms with Gasteiger partial charge in [0.25, 0.3) is 0 Å². The summed E-state index contributed by atoms with van der Waals surface area (Å²) >= 11 is 5.79. The lowest BCUT2D eigenvalue weighted by Gasteiger charge is -2.04. The Kier molecular flexibility index (Phi) is 3.39. The zero-order valence-corrected chi connectivity index (χ0v) is 9.89. The molecule has 0 saturated heterocycles. The van der Waals surface area contributed by atoms with Gasteiger partial charge in [-0.1, -0.05) is 23.7 Å². The number of carboxylic acid groups (broad SMARTS) is 1. The SMILES string of the molecule is O=C(O)c1cccnc1C(=O)c1cccc(Cl)c1. The lowest BCUT2D eigenvalue weighted by molar-refractivity contribution is 0.0692. The highest BCUT2D eigenvalue weighted by atomic mass is 35.5. The molecule has 1 heterocycles. The normalized spacial score (nSPS) is 10.1. The molecule has 0 aliphatic heterocycles. The Morgan fingerprint density at radius 2 is 1.94 bits per heavy atom. The highest BCUT2D eigenvalue weighted by Gasteiger charge is 2.18. The van der Waals surface area contributed by atoms with Crippen LogP contribution >= 0.6 is 11.6 Å². The monoisotopic (exact) mass is 261 g/mol. The van der Waals surface area contributed by atoms with E-state index in [1.807, 2.05) is 0 Å². The topological polar surface area (TPSA) is 67.3 Å². The molecule has 2 aromatic rings. The molecule has 1 aromatic heterocycles. The number of nitrogens with zero attached hydrogens (tertiary/aromatic N) is 1. The van der Waals surface area contributed by atoms with Crippen molar-refractivity contribution in [1.82, 2.24) is 4.98 Å². The molecule has 0 aliphatic rings. The second kappa shape index (κ2) is 4.98. The molecule has 0 atom stereocenters. The van der Waals surface area contributed by atoms with Crippen molar-refractivity contribution in [2.45, 2.75) is 0 Å². The van der Waals surface area contributed by atoms with E-state index in [9.17, 15) is 9.59 Å². The molecule has 0 aliphatic carbocycles. The highest BCUT2D eigenvalue weighted by molar-refractivity contribution is 6.31. The first-order chi connectivity index (χ1) is 8.59. The summed E-state index contributed by atoms with van der Waals surface area (Å²) < 4.78 is 0. The van der Waals surface area contributed by atoms with Crippen molar-refractivity contribution in [1.29, 1.82) is 0 Å². The zero-order chi connectivity index (χ0) is 13.1. The number of hydrogen-bond donors (Lipinski definition) is 1. The Morgan fingerprint density at radius 1 is 1.17 bits per heavy atom. The van der Waals surface area contributed by atoms with Crippen LogP contribution in [-0.2, 0) is 0 Å². The van der Waals surface area contributed by atoms with Gasteiger partial charge >= 0.3 is 5.97 Å². The summed E-state index contributed by atoms with van der Waals surface area (Å²) in [6.07, 6.45) is 1.38. The van der Waals surface area contributed by atoms with E-state index in [0.717, 1.165) is 0 Å². The first-order valence-corrected chi connectivity index (χ1v) is 5.46. The van der Waals surface area contributed by atoms with Crippen LogP contribution in [0.2, 0.25) is 5.02 Å². The number of hydrogen-bond acceptors (Lipinski definition) is 3. The van der Waals surface area contributed by atoms with Crippen LogP contribution in [0.1, 0.15) is 26.4 Å². The predicted octanol–water partition coefficient (Wildman–Crippen LogP) is 2.66. The van der Waals surface area contributed by atoms with Crippen LogP contribution in [-0.4, -0.2) is 21.8 Å². The molecule has 0 saturated carbocycles. The molecular formula is C13H8ClNO3. The van der Waals surface area contributed by atoms with Crippen molar-refractivity contribution < 1.29 is 14.7 Å². The second-order valence-corrected chi connectivity index (χ2v) is 3.98. The van der Waals surface area contributed by atoms with Crippen LogP contribution < -0.4 is 0 Å². The standard InChI is InChI=1S/C13H8ClNO3/c14-9-4-1-3-8(7-9)12(16)11-10(13(17)18)5-2-6-15-11/h1-7H,(H,17,18). The van der Waals surface area contributed by atoms with Gasteiger partial charge in [0.15, 0.2) is 0 Å². The van der Waals surface area contributed by atoms with Gasteiger partial charge in [0.1, 0.15) is 5.69 Å². The molecule has 0 radical (unpaired) electrons. The Balaban J connectivity index is 2.50. The number of rotatable bonds is 3. The predicted molar refractivity (Wildman–Crippen MR) is 66.1 cm³/mol. The summed E-state index contributed by atoms with van der Waals surface area (Å²) in [5, 5.41) is 9.41. The van der Waals surface area contributed by atoms with Crippen molar-refractivity contribution in [3.8, 4) is 0 Å². The largest absolute Gasteiger partial charge is 0.478 e. The molecule has 18 heavy (non-hydrogen) atoms. The summed E-state index contributed by atoms with van der Waals surface area (Å²) in [5.41, 5.74) is 0.0958. The lowest BCUT2D eigenvalue weighted by atomic mass is 10.0. The van der Waals surface area contributed by atoms with Crippen LogP contribution in [0, 0.1) is 0 Å². The minimum Gasteiger partial charge on any atom is -0.478 e. The molecule has 0 unspecified atom stereocenters. The number of benzene rings is 1. The molecule has 1 N–H and O–H groups in total. The molecule has 0 bridgehead atoms. The van der Waals surface area contributed by atoms with Crippen molar-refractivity contribution >= 4 is 23.4 Å². The number of halogens is 1. The van der Waals surface area contributed by atoms with E-state index in [1.54, 1.807) is 18.2 Å². The molecule has 4 nitrogen and oxygen atoms in total. The van der Waals surface area contributed by atoms with E-state index in [4.69, 9.17) is 16.7 Å². The summed E-state index contributed by atoms with van der Waals surface area (Å²) in [7, 11) is 0. The highest BCUT2D eigenvalue weighted by Crippen LogP contribution is 2.16. The first-order valence-electron chi connectivity index (χ1n) is 5.08. The van der Waals surface area contributed by atoms with Crippen molar-refractivity contribution in [3.63, 3.8) is 0 Å². The number of ketones is 1. The van der Waals surface area contributed by atoms with E-state index < -0.39 is 11.8 Å². The fourth-order valence-electron chi connectivity index (χ4n) is 1.53. The summed E-state index contributed by atoms with van der Waals surface area (Å²) in [6, 6.07) is 9.11. The number of aromatic nitrogens is 1. The number of aromatic carboxylic acids is 1. The molecule has 90 valence electrons. The summed E-state index contributed by atoms with van der Waals surface area (Å²) in [4.78, 5) is 27.0. The lowest BCUT2D eigenvalue weighted by Crippen LogP contribution is -2.11. The van der Waals surface area contributed by atoms with E-state index >= 15 is 0 Å². The maximum Gasteiger partial charge on any atom is 0.338 e. The number of pyridine rings is 1. The van der Waals surface area contributed by atoms with Crippen molar-refractivity contribution in [2.24, 2.45) is 0 Å². The fraction of sp³-hybridized carbons (Fsp3) is 0. The minimum atomic E-state index is -1.19. The van der Waals surface area contributed by atoms with Gasteiger partial charge in [-0.3, -0.25) is 9.78 Å². The van der Waals surface area contributed by atoms with Gasteiger partial charge in [-0.15, -0.1) is 0 Å². The maximum atomic E-state index is 12.1. The van der Waals surface area contributed by atoms with E-state index in [-0.39, 0.29) is 11.3 Å². The average molecular weight is 262 g/mol. The third-order valence-electron chi connectivity index (χ3n) is 2.34. The van der Waals surface area contributed by atoms with Crippen LogP contribution in [0.4, 0.5) is 0 Å². The molecule has 0 spiro atoms. The van der Waals surface area contributed by atoms with Crippen LogP contribution in [0.5, 0.6) is 0 Å². The molecule has 2 rings (SSSR count). The molecule has 1 aromatic carbocycles. The maximum absolute atomic E-state index is 12.1. The van der Waals surface area contributed by atoms with Gasteiger partial charge in [-0.2, -0.15) is 0 Å². The number of carbonyl (C=O) groups excluding carboxylic acids is 1. The number of carboxylic acids is 1. The zero-order valence-electron chi connectivity index (χ0n) is 9.13. The Labute approximate surface area is 108 Å². The molecular weight excluding hydrogens is 254 g/mol. The van der Waals surface area contributed by atoms with E-state index in [2.05, 4.69) is 4.98 Å². The molecule has 0 amide bonds. The van der Waals surface area contributed by atoms with Gasteiger partial charge in [0.05, 0.1) is 5.56 Å².